The molecule has 1 aromatic heterocycles. The van der Waals surface area contributed by atoms with Gasteiger partial charge in [-0.05, 0) is 26.3 Å². The summed E-state index contributed by atoms with van der Waals surface area (Å²) < 4.78 is 13.3. The number of amides is 1. The van der Waals surface area contributed by atoms with Gasteiger partial charge in [-0.15, -0.1) is 0 Å². The van der Waals surface area contributed by atoms with Crippen LogP contribution in [0, 0.1) is 0 Å². The predicted molar refractivity (Wildman–Crippen MR) is 106 cm³/mol. The van der Waals surface area contributed by atoms with E-state index in [4.69, 9.17) is 9.47 Å². The van der Waals surface area contributed by atoms with Crippen molar-refractivity contribution in [3.63, 3.8) is 0 Å². The Morgan fingerprint density at radius 3 is 2.50 bits per heavy atom. The Labute approximate surface area is 165 Å². The molecule has 2 unspecified atom stereocenters. The Bertz CT molecular complexity index is 801. The third-order valence-corrected chi connectivity index (χ3v) is 5.05. The Morgan fingerprint density at radius 1 is 1.18 bits per heavy atom. The van der Waals surface area contributed by atoms with Gasteiger partial charge in [0.1, 0.15) is 5.60 Å². The molecule has 28 heavy (non-hydrogen) atoms. The van der Waals surface area contributed by atoms with Crippen LogP contribution in [-0.4, -0.2) is 64.8 Å². The summed E-state index contributed by atoms with van der Waals surface area (Å²) in [5.74, 6) is 0. The van der Waals surface area contributed by atoms with Crippen LogP contribution >= 0.6 is 0 Å². The first-order valence-electron chi connectivity index (χ1n) is 9.79. The van der Waals surface area contributed by atoms with Gasteiger partial charge in [0.05, 0.1) is 43.7 Å². The third-order valence-electron chi connectivity index (χ3n) is 5.05. The fourth-order valence-electron chi connectivity index (χ4n) is 3.86. The Hall–Kier alpha value is -2.54. The zero-order valence-corrected chi connectivity index (χ0v) is 16.7. The molecule has 0 aliphatic carbocycles. The van der Waals surface area contributed by atoms with Gasteiger partial charge < -0.3 is 14.4 Å². The van der Waals surface area contributed by atoms with Crippen LogP contribution in [0.4, 0.5) is 10.5 Å². The Morgan fingerprint density at radius 2 is 1.86 bits per heavy atom. The maximum Gasteiger partial charge on any atom is 0.411 e. The summed E-state index contributed by atoms with van der Waals surface area (Å²) in [7, 11) is 0. The molecule has 4 rings (SSSR count). The van der Waals surface area contributed by atoms with Crippen molar-refractivity contribution < 1.29 is 14.3 Å². The van der Waals surface area contributed by atoms with Crippen molar-refractivity contribution in [2.75, 3.05) is 31.2 Å². The number of benzene rings is 1. The molecule has 3 heterocycles. The number of rotatable bonds is 3. The van der Waals surface area contributed by atoms with Crippen LogP contribution in [0.15, 0.2) is 42.7 Å². The second-order valence-corrected chi connectivity index (χ2v) is 8.52. The smallest absolute Gasteiger partial charge is 0.411 e. The van der Waals surface area contributed by atoms with E-state index < -0.39 is 5.60 Å². The quantitative estimate of drug-likeness (QED) is 0.814. The van der Waals surface area contributed by atoms with Crippen molar-refractivity contribution in [1.29, 1.82) is 0 Å². The summed E-state index contributed by atoms with van der Waals surface area (Å²) in [5.41, 5.74) is 1.80. The molecular formula is C21H28N4O3. The van der Waals surface area contributed by atoms with Gasteiger partial charge in [0.2, 0.25) is 0 Å². The van der Waals surface area contributed by atoms with E-state index in [-0.39, 0.29) is 18.2 Å². The molecule has 2 aromatic rings. The zero-order valence-electron chi connectivity index (χ0n) is 16.7. The molecule has 2 saturated heterocycles. The predicted octanol–water partition coefficient (Wildman–Crippen LogP) is 2.76. The number of aromatic nitrogens is 2. The van der Waals surface area contributed by atoms with Crippen LogP contribution in [0.5, 0.6) is 0 Å². The summed E-state index contributed by atoms with van der Waals surface area (Å²) >= 11 is 0. The van der Waals surface area contributed by atoms with E-state index in [0.717, 1.165) is 12.2 Å². The van der Waals surface area contributed by atoms with Gasteiger partial charge in [-0.2, -0.15) is 5.10 Å². The van der Waals surface area contributed by atoms with Gasteiger partial charge in [0, 0.05) is 19.3 Å². The topological polar surface area (TPSA) is 59.8 Å². The zero-order chi connectivity index (χ0) is 19.7. The lowest BCUT2D eigenvalue weighted by molar-refractivity contribution is -0.0665. The molecule has 2 atom stereocenters. The highest BCUT2D eigenvalue weighted by molar-refractivity contribution is 5.70. The van der Waals surface area contributed by atoms with E-state index in [2.05, 4.69) is 28.3 Å². The highest BCUT2D eigenvalue weighted by Crippen LogP contribution is 2.27. The van der Waals surface area contributed by atoms with Gasteiger partial charge in [-0.3, -0.25) is 9.58 Å². The number of nitrogens with zero attached hydrogens (tertiary/aromatic N) is 4. The maximum absolute atomic E-state index is 12.7. The average molecular weight is 384 g/mol. The van der Waals surface area contributed by atoms with Crippen molar-refractivity contribution in [3.8, 4) is 0 Å². The van der Waals surface area contributed by atoms with Crippen LogP contribution in [0.3, 0.4) is 0 Å². The number of piperazine rings is 1. The maximum atomic E-state index is 12.7. The van der Waals surface area contributed by atoms with Crippen molar-refractivity contribution in [2.24, 2.45) is 0 Å². The third kappa shape index (κ3) is 4.14. The minimum atomic E-state index is -0.498. The van der Waals surface area contributed by atoms with Crippen LogP contribution in [-0.2, 0) is 16.0 Å². The number of carbonyl (C=O) groups is 1. The monoisotopic (exact) mass is 384 g/mol. The normalized spacial score (nSPS) is 22.2. The lowest BCUT2D eigenvalue weighted by Crippen LogP contribution is -2.66. The van der Waals surface area contributed by atoms with E-state index in [0.29, 0.717) is 26.3 Å². The number of ether oxygens (including phenoxy) is 2. The number of hydrogen-bond donors (Lipinski definition) is 0. The lowest BCUT2D eigenvalue weighted by Gasteiger charge is -2.49. The fourth-order valence-corrected chi connectivity index (χ4v) is 3.86. The lowest BCUT2D eigenvalue weighted by atomic mass is 10.0. The van der Waals surface area contributed by atoms with Crippen LogP contribution in [0.1, 0.15) is 26.3 Å². The van der Waals surface area contributed by atoms with Gasteiger partial charge in [-0.1, -0.05) is 30.3 Å². The molecule has 0 spiro atoms. The van der Waals surface area contributed by atoms with E-state index in [1.165, 1.54) is 5.56 Å². The first kappa shape index (κ1) is 18.8. The molecule has 1 aromatic carbocycles. The first-order valence-corrected chi connectivity index (χ1v) is 9.79. The summed E-state index contributed by atoms with van der Waals surface area (Å²) in [6, 6.07) is 10.3. The number of hydrogen-bond acceptors (Lipinski definition) is 5. The van der Waals surface area contributed by atoms with Gasteiger partial charge in [0.25, 0.3) is 0 Å². The number of carbonyl (C=O) groups excluding carboxylic acids is 1. The van der Waals surface area contributed by atoms with Crippen molar-refractivity contribution in [1.82, 2.24) is 14.7 Å². The molecule has 2 bridgehead atoms. The second kappa shape index (κ2) is 7.47. The second-order valence-electron chi connectivity index (χ2n) is 8.52. The molecule has 2 fully saturated rings. The molecule has 1 amide bonds. The highest BCUT2D eigenvalue weighted by Gasteiger charge is 2.43. The molecule has 0 saturated carbocycles. The van der Waals surface area contributed by atoms with Crippen LogP contribution in [0.2, 0.25) is 0 Å². The Balaban J connectivity index is 1.45. The summed E-state index contributed by atoms with van der Waals surface area (Å²) in [5, 5.41) is 4.52. The number of fused-ring (bicyclic) bond motifs is 2. The van der Waals surface area contributed by atoms with Crippen LogP contribution in [0.25, 0.3) is 0 Å². The number of anilines is 1. The molecule has 2 aliphatic heterocycles. The molecule has 150 valence electrons. The molecule has 7 nitrogen and oxygen atoms in total. The van der Waals surface area contributed by atoms with E-state index in [1.54, 1.807) is 0 Å². The molecule has 7 heteroatoms. The van der Waals surface area contributed by atoms with E-state index in [1.807, 2.05) is 54.7 Å². The molecular weight excluding hydrogens is 356 g/mol. The van der Waals surface area contributed by atoms with Gasteiger partial charge in [-0.25, -0.2) is 4.79 Å². The SMILES string of the molecule is CC(C)(C)OC(=O)N1C2COCC1CN(c1cnn(Cc3ccccc3)c1)C2. The summed E-state index contributed by atoms with van der Waals surface area (Å²) in [6.45, 7) is 8.93. The molecule has 0 N–H and O–H groups in total. The van der Waals surface area contributed by atoms with Gasteiger partial charge in [0.15, 0.2) is 0 Å². The summed E-state index contributed by atoms with van der Waals surface area (Å²) in [4.78, 5) is 16.9. The standard InChI is InChI=1S/C21H28N4O3/c1-21(2,3)28-20(26)25-18-11-23(12-19(25)15-27-14-18)17-9-22-24(13-17)10-16-7-5-4-6-8-16/h4-9,13,18-19H,10-12,14-15H2,1-3H3. The van der Waals surface area contributed by atoms with Crippen molar-refractivity contribution >= 4 is 11.8 Å². The minimum Gasteiger partial charge on any atom is -0.444 e. The van der Waals surface area contributed by atoms with Crippen molar-refractivity contribution in [2.45, 2.75) is 45.0 Å². The largest absolute Gasteiger partial charge is 0.444 e. The average Bonchev–Trinajstić information content (AvgIpc) is 3.08. The molecule has 2 aliphatic rings. The molecule has 0 radical (unpaired) electrons. The fraction of sp³-hybridized carbons (Fsp3) is 0.524. The van der Waals surface area contributed by atoms with E-state index in [9.17, 15) is 4.79 Å². The highest BCUT2D eigenvalue weighted by atomic mass is 16.6. The minimum absolute atomic E-state index is 0.0141. The Kier molecular flexibility index (Phi) is 5.02. The summed E-state index contributed by atoms with van der Waals surface area (Å²) in [6.07, 6.45) is 3.74. The van der Waals surface area contributed by atoms with Gasteiger partial charge >= 0.3 is 6.09 Å². The first-order chi connectivity index (χ1) is 13.4. The van der Waals surface area contributed by atoms with Crippen molar-refractivity contribution in [3.05, 3.63) is 48.3 Å². The van der Waals surface area contributed by atoms with E-state index >= 15 is 0 Å². The number of morpholine rings is 1. The van der Waals surface area contributed by atoms with Crippen LogP contribution < -0.4 is 4.90 Å².